The number of aliphatic carboxylic acids is 2. The van der Waals surface area contributed by atoms with Gasteiger partial charge in [0, 0.05) is 21.7 Å². The van der Waals surface area contributed by atoms with Crippen molar-refractivity contribution < 1.29 is 33.5 Å². The maximum absolute atomic E-state index is 10.7. The number of nitrogens with one attached hydrogen (secondary N) is 1. The molecule has 0 saturated carbocycles. The number of methoxy groups -OCH3 is 1. The lowest BCUT2D eigenvalue weighted by atomic mass is 10.5. The third-order valence-electron chi connectivity index (χ3n) is 1.11. The van der Waals surface area contributed by atoms with Gasteiger partial charge in [-0.05, 0) is 0 Å². The van der Waals surface area contributed by atoms with Crippen LogP contribution in [0.25, 0.3) is 0 Å². The maximum Gasteiger partial charge on any atom is 0.414 e. The van der Waals surface area contributed by atoms with Gasteiger partial charge in [-0.1, -0.05) is 0 Å². The van der Waals surface area contributed by atoms with Gasteiger partial charge in [-0.25, -0.2) is 9.59 Å². The van der Waals surface area contributed by atoms with E-state index >= 15 is 0 Å². The van der Waals surface area contributed by atoms with Gasteiger partial charge in [0.2, 0.25) is 0 Å². The monoisotopic (exact) mass is 255 g/mol. The molecule has 0 fully saturated rings. The smallest absolute Gasteiger partial charge is 0.414 e. The van der Waals surface area contributed by atoms with Gasteiger partial charge in [-0.2, -0.15) is 0 Å². The molecule has 0 aromatic rings. The van der Waals surface area contributed by atoms with Gasteiger partial charge < -0.3 is 14.9 Å². The van der Waals surface area contributed by atoms with Crippen molar-refractivity contribution in [3.05, 3.63) is 0 Å². The Balaban J connectivity index is 0. The molecule has 0 heterocycles. The molecule has 0 aliphatic rings. The number of esters is 1. The zero-order valence-corrected chi connectivity index (χ0v) is 9.57. The molecular formula is C7H13NO7S. The predicted molar refractivity (Wildman–Crippen MR) is 53.6 cm³/mol. The summed E-state index contributed by atoms with van der Waals surface area (Å²) in [7, 11) is -1.26. The van der Waals surface area contributed by atoms with Gasteiger partial charge in [0.15, 0.2) is 0 Å². The van der Waals surface area contributed by atoms with Crippen molar-refractivity contribution in [1.29, 1.82) is 4.78 Å². The van der Waals surface area contributed by atoms with Crippen LogP contribution < -0.4 is 0 Å². The molecule has 0 aromatic carbocycles. The summed E-state index contributed by atoms with van der Waals surface area (Å²) in [6.45, 7) is 0. The summed E-state index contributed by atoms with van der Waals surface area (Å²) in [5, 5.41) is 14.8. The third-order valence-corrected chi connectivity index (χ3v) is 2.09. The maximum atomic E-state index is 10.7. The van der Waals surface area contributed by atoms with Crippen molar-refractivity contribution in [3.63, 3.8) is 0 Å². The van der Waals surface area contributed by atoms with Crippen molar-refractivity contribution in [2.75, 3.05) is 19.1 Å². The molecule has 0 rings (SSSR count). The Hall–Kier alpha value is -1.64. The van der Waals surface area contributed by atoms with Crippen LogP contribution in [-0.4, -0.2) is 51.4 Å². The number of ether oxygens (including phenoxy) is 1. The van der Waals surface area contributed by atoms with Gasteiger partial charge in [-0.3, -0.25) is 13.8 Å². The summed E-state index contributed by atoms with van der Waals surface area (Å²) in [5.41, 5.74) is 0. The molecule has 8 nitrogen and oxygen atoms in total. The molecule has 0 aliphatic carbocycles. The Kier molecular flexibility index (Phi) is 8.00. The Morgan fingerprint density at radius 3 is 1.81 bits per heavy atom. The zero-order chi connectivity index (χ0) is 13.4. The average Bonchev–Trinajstić information content (AvgIpc) is 2.13. The Morgan fingerprint density at radius 1 is 1.25 bits per heavy atom. The summed E-state index contributed by atoms with van der Waals surface area (Å²) < 4.78 is 21.9. The van der Waals surface area contributed by atoms with E-state index < -0.39 is 27.6 Å². The number of hydrogen-bond acceptors (Lipinski definition) is 6. The minimum absolute atomic E-state index is 0.0648. The number of hydrogen-bond donors (Lipinski definition) is 3. The Labute approximate surface area is 92.2 Å². The number of carboxylic acids is 2. The predicted octanol–water partition coefficient (Wildman–Crippen LogP) is -0.618. The number of carbonyl (C=O) groups is 3. The van der Waals surface area contributed by atoms with E-state index in [0.29, 0.717) is 0 Å². The Morgan fingerprint density at radius 2 is 1.62 bits per heavy atom. The molecule has 3 N–H and O–H groups in total. The summed E-state index contributed by atoms with van der Waals surface area (Å²) in [4.78, 5) is 28.6. The highest BCUT2D eigenvalue weighted by Gasteiger charge is 2.04. The second kappa shape index (κ2) is 7.63. The quantitative estimate of drug-likeness (QED) is 0.450. The van der Waals surface area contributed by atoms with Crippen LogP contribution in [0.1, 0.15) is 6.42 Å². The van der Waals surface area contributed by atoms with Crippen LogP contribution in [0.15, 0.2) is 0 Å². The second-order valence-electron chi connectivity index (χ2n) is 2.65. The van der Waals surface area contributed by atoms with Gasteiger partial charge >= 0.3 is 17.9 Å². The molecule has 0 spiro atoms. The van der Waals surface area contributed by atoms with E-state index in [-0.39, 0.29) is 12.2 Å². The van der Waals surface area contributed by atoms with Crippen LogP contribution in [-0.2, 0) is 28.8 Å². The fourth-order valence-electron chi connectivity index (χ4n) is 0.380. The van der Waals surface area contributed by atoms with Crippen LogP contribution in [0.4, 0.5) is 0 Å². The van der Waals surface area contributed by atoms with E-state index in [4.69, 9.17) is 24.6 Å². The lowest BCUT2D eigenvalue weighted by Gasteiger charge is -1.98. The largest absolute Gasteiger partial charge is 0.473 e. The first-order chi connectivity index (χ1) is 7.10. The number of carbonyl (C=O) groups excluding carboxylic acids is 1. The minimum atomic E-state index is -2.53. The lowest BCUT2D eigenvalue weighted by Crippen LogP contribution is -2.09. The van der Waals surface area contributed by atoms with Gasteiger partial charge in [0.1, 0.15) is 0 Å². The van der Waals surface area contributed by atoms with Crippen molar-refractivity contribution in [2.45, 2.75) is 6.42 Å². The van der Waals surface area contributed by atoms with E-state index in [1.165, 1.54) is 13.4 Å². The van der Waals surface area contributed by atoms with Crippen LogP contribution in [0.5, 0.6) is 0 Å². The van der Waals surface area contributed by atoms with E-state index in [1.807, 2.05) is 0 Å². The van der Waals surface area contributed by atoms with Crippen molar-refractivity contribution >= 4 is 27.6 Å². The summed E-state index contributed by atoms with van der Waals surface area (Å²) in [6.07, 6.45) is 1.37. The molecule has 0 amide bonds. The molecule has 0 bridgehead atoms. The third kappa shape index (κ3) is 14.9. The zero-order valence-electron chi connectivity index (χ0n) is 8.76. The molecule has 1 atom stereocenters. The van der Waals surface area contributed by atoms with Gasteiger partial charge in [0.25, 0.3) is 0 Å². The van der Waals surface area contributed by atoms with Crippen LogP contribution >= 0.6 is 0 Å². The van der Waals surface area contributed by atoms with Crippen molar-refractivity contribution in [1.82, 2.24) is 0 Å². The highest BCUT2D eigenvalue weighted by Crippen LogP contribution is 1.91. The molecule has 0 saturated heterocycles. The summed E-state index contributed by atoms with van der Waals surface area (Å²) in [5.74, 6) is -3.98. The highest BCUT2D eigenvalue weighted by atomic mass is 32.2. The van der Waals surface area contributed by atoms with Crippen LogP contribution in [0, 0.1) is 4.78 Å². The molecule has 1 unspecified atom stereocenters. The highest BCUT2D eigenvalue weighted by molar-refractivity contribution is 7.91. The molecule has 0 aromatic heterocycles. The standard InChI is InChI=1S/C5H11NO3S.C2H2O4/c1-9-5(7)3-4-10(2,6)8;3-1(4)2(5)6/h6H,3-4H2,1-2H3;(H,3,4)(H,5,6). The lowest BCUT2D eigenvalue weighted by molar-refractivity contribution is -0.159. The first-order valence-corrected chi connectivity index (χ1v) is 5.98. The fraction of sp³-hybridized carbons (Fsp3) is 0.571. The molecule has 0 radical (unpaired) electrons. The normalized spacial score (nSPS) is 12.6. The van der Waals surface area contributed by atoms with Crippen LogP contribution in [0.2, 0.25) is 0 Å². The molecule has 0 aliphatic heterocycles. The average molecular weight is 255 g/mol. The van der Waals surface area contributed by atoms with E-state index in [9.17, 15) is 9.00 Å². The topological polar surface area (TPSA) is 142 Å². The van der Waals surface area contributed by atoms with E-state index in [0.717, 1.165) is 0 Å². The van der Waals surface area contributed by atoms with Gasteiger partial charge in [0.05, 0.1) is 13.5 Å². The van der Waals surface area contributed by atoms with E-state index in [1.54, 1.807) is 0 Å². The van der Waals surface area contributed by atoms with Crippen molar-refractivity contribution in [3.8, 4) is 0 Å². The molecule has 94 valence electrons. The summed E-state index contributed by atoms with van der Waals surface area (Å²) >= 11 is 0. The van der Waals surface area contributed by atoms with Crippen molar-refractivity contribution in [2.24, 2.45) is 0 Å². The molecular weight excluding hydrogens is 242 g/mol. The molecule has 16 heavy (non-hydrogen) atoms. The molecule has 9 heteroatoms. The first-order valence-electron chi connectivity index (χ1n) is 3.84. The fourth-order valence-corrected chi connectivity index (χ4v) is 0.936. The first kappa shape index (κ1) is 16.8. The SMILES string of the molecule is COC(=O)CCS(C)(=N)=O.O=C(O)C(=O)O. The second-order valence-corrected chi connectivity index (χ2v) is 5.06. The van der Waals surface area contributed by atoms with E-state index in [2.05, 4.69) is 4.74 Å². The number of rotatable bonds is 3. The number of carboxylic acid groups (broad SMARTS) is 2. The minimum Gasteiger partial charge on any atom is -0.473 e. The summed E-state index contributed by atoms with van der Waals surface area (Å²) in [6, 6.07) is 0. The van der Waals surface area contributed by atoms with Crippen LogP contribution in [0.3, 0.4) is 0 Å². The van der Waals surface area contributed by atoms with Gasteiger partial charge in [-0.15, -0.1) is 0 Å². The Bertz CT molecular complexity index is 347.